The molecule has 0 atom stereocenters. The molecule has 0 bridgehead atoms. The van der Waals surface area contributed by atoms with Crippen molar-refractivity contribution in [3.05, 3.63) is 88.4 Å². The van der Waals surface area contributed by atoms with Gasteiger partial charge in [0.1, 0.15) is 0 Å². The number of halogens is 2. The first-order chi connectivity index (χ1) is 13.0. The van der Waals surface area contributed by atoms with Crippen molar-refractivity contribution in [1.82, 2.24) is 0 Å². The zero-order valence-electron chi connectivity index (χ0n) is 14.0. The highest BCUT2D eigenvalue weighted by Crippen LogP contribution is 2.25. The minimum absolute atomic E-state index is 0.195. The van der Waals surface area contributed by atoms with E-state index < -0.39 is 5.91 Å². The third kappa shape index (κ3) is 5.00. The molecule has 0 aromatic heterocycles. The van der Waals surface area contributed by atoms with E-state index in [0.717, 1.165) is 0 Å². The van der Waals surface area contributed by atoms with Gasteiger partial charge in [-0.3, -0.25) is 4.79 Å². The Kier molecular flexibility index (Phi) is 5.96. The molecule has 3 amide bonds. The fourth-order valence-electron chi connectivity index (χ4n) is 2.40. The fourth-order valence-corrected chi connectivity index (χ4v) is 2.97. The van der Waals surface area contributed by atoms with E-state index in [4.69, 9.17) is 23.2 Å². The van der Waals surface area contributed by atoms with Gasteiger partial charge in [-0.05, 0) is 42.5 Å². The van der Waals surface area contributed by atoms with E-state index in [9.17, 15) is 9.59 Å². The van der Waals surface area contributed by atoms with Gasteiger partial charge in [0.2, 0.25) is 0 Å². The molecule has 5 nitrogen and oxygen atoms in total. The van der Waals surface area contributed by atoms with Crippen molar-refractivity contribution in [2.24, 2.45) is 0 Å². The lowest BCUT2D eigenvalue weighted by Gasteiger charge is -2.11. The van der Waals surface area contributed by atoms with Crippen molar-refractivity contribution in [3.8, 4) is 0 Å². The van der Waals surface area contributed by atoms with Crippen LogP contribution in [0.1, 0.15) is 10.4 Å². The molecule has 3 aromatic carbocycles. The van der Waals surface area contributed by atoms with E-state index in [1.54, 1.807) is 54.6 Å². The van der Waals surface area contributed by atoms with Crippen LogP contribution in [0.15, 0.2) is 72.8 Å². The first kappa shape index (κ1) is 18.8. The second-order valence-corrected chi connectivity index (χ2v) is 6.39. The molecular formula is C20H15Cl2N3O2. The summed E-state index contributed by atoms with van der Waals surface area (Å²) < 4.78 is 0. The van der Waals surface area contributed by atoms with Crippen molar-refractivity contribution in [2.75, 3.05) is 16.0 Å². The van der Waals surface area contributed by atoms with Gasteiger partial charge in [-0.25, -0.2) is 4.79 Å². The standard InChI is InChI=1S/C20H15Cl2N3O2/c21-16-10-5-11-17(22)18(16)19(26)23-14-8-4-9-15(12-14)25-20(27)24-13-6-2-1-3-7-13/h1-12H,(H,23,26)(H2,24,25,27). The van der Waals surface area contributed by atoms with Crippen LogP contribution in [-0.4, -0.2) is 11.9 Å². The van der Waals surface area contributed by atoms with Crippen LogP contribution in [0.4, 0.5) is 21.9 Å². The maximum Gasteiger partial charge on any atom is 0.323 e. The second kappa shape index (κ2) is 8.58. The monoisotopic (exact) mass is 399 g/mol. The van der Waals surface area contributed by atoms with Crippen molar-refractivity contribution in [1.29, 1.82) is 0 Å². The molecule has 7 heteroatoms. The van der Waals surface area contributed by atoms with Crippen LogP contribution in [-0.2, 0) is 0 Å². The predicted octanol–water partition coefficient (Wildman–Crippen LogP) is 5.89. The molecule has 3 N–H and O–H groups in total. The SMILES string of the molecule is O=C(Nc1ccccc1)Nc1cccc(NC(=O)c2c(Cl)cccc2Cl)c1. The molecule has 0 heterocycles. The molecule has 0 saturated heterocycles. The van der Waals surface area contributed by atoms with Gasteiger partial charge in [0, 0.05) is 17.1 Å². The highest BCUT2D eigenvalue weighted by atomic mass is 35.5. The van der Waals surface area contributed by atoms with Crippen molar-refractivity contribution < 1.29 is 9.59 Å². The third-order valence-electron chi connectivity index (χ3n) is 3.60. The molecule has 3 rings (SSSR count). The van der Waals surface area contributed by atoms with Gasteiger partial charge >= 0.3 is 6.03 Å². The highest BCUT2D eigenvalue weighted by Gasteiger charge is 2.15. The van der Waals surface area contributed by atoms with Crippen LogP contribution in [0, 0.1) is 0 Å². The molecule has 0 unspecified atom stereocenters. The Morgan fingerprint density at radius 2 is 1.15 bits per heavy atom. The zero-order valence-corrected chi connectivity index (χ0v) is 15.5. The molecule has 0 fully saturated rings. The highest BCUT2D eigenvalue weighted by molar-refractivity contribution is 6.40. The number of carbonyl (C=O) groups excluding carboxylic acids is 2. The summed E-state index contributed by atoms with van der Waals surface area (Å²) in [5, 5.41) is 8.68. The Bertz CT molecular complexity index is 958. The van der Waals surface area contributed by atoms with E-state index in [2.05, 4.69) is 16.0 Å². The second-order valence-electron chi connectivity index (χ2n) is 5.58. The molecule has 0 spiro atoms. The zero-order chi connectivity index (χ0) is 19.2. The molecule has 3 aromatic rings. The van der Waals surface area contributed by atoms with Gasteiger partial charge in [-0.2, -0.15) is 0 Å². The number of benzene rings is 3. The molecule has 0 saturated carbocycles. The molecule has 0 aliphatic carbocycles. The number of hydrogen-bond acceptors (Lipinski definition) is 2. The Morgan fingerprint density at radius 1 is 0.630 bits per heavy atom. The summed E-state index contributed by atoms with van der Waals surface area (Å²) in [4.78, 5) is 24.5. The van der Waals surface area contributed by atoms with Gasteiger partial charge in [-0.1, -0.05) is 53.5 Å². The number of anilines is 3. The smallest absolute Gasteiger partial charge is 0.322 e. The fraction of sp³-hybridized carbons (Fsp3) is 0. The van der Waals surface area contributed by atoms with E-state index in [-0.39, 0.29) is 21.6 Å². The van der Waals surface area contributed by atoms with Gasteiger partial charge in [0.25, 0.3) is 5.91 Å². The molecular weight excluding hydrogens is 385 g/mol. The maximum atomic E-state index is 12.5. The normalized spacial score (nSPS) is 10.1. The van der Waals surface area contributed by atoms with E-state index in [1.807, 2.05) is 18.2 Å². The quantitative estimate of drug-likeness (QED) is 0.511. The topological polar surface area (TPSA) is 70.2 Å². The summed E-state index contributed by atoms with van der Waals surface area (Å²) >= 11 is 12.1. The summed E-state index contributed by atoms with van der Waals surface area (Å²) in [7, 11) is 0. The lowest BCUT2D eigenvalue weighted by molar-refractivity contribution is 0.102. The van der Waals surface area contributed by atoms with E-state index >= 15 is 0 Å². The average Bonchev–Trinajstić information content (AvgIpc) is 2.62. The van der Waals surface area contributed by atoms with Crippen molar-refractivity contribution >= 4 is 52.2 Å². The van der Waals surface area contributed by atoms with Crippen LogP contribution in [0.5, 0.6) is 0 Å². The average molecular weight is 400 g/mol. The lowest BCUT2D eigenvalue weighted by Crippen LogP contribution is -2.19. The van der Waals surface area contributed by atoms with Crippen LogP contribution >= 0.6 is 23.2 Å². The first-order valence-corrected chi connectivity index (χ1v) is 8.77. The minimum Gasteiger partial charge on any atom is -0.322 e. The minimum atomic E-state index is -0.434. The number of rotatable bonds is 4. The number of carbonyl (C=O) groups is 2. The Morgan fingerprint density at radius 3 is 1.81 bits per heavy atom. The van der Waals surface area contributed by atoms with Crippen molar-refractivity contribution in [3.63, 3.8) is 0 Å². The van der Waals surface area contributed by atoms with Crippen LogP contribution in [0.3, 0.4) is 0 Å². The van der Waals surface area contributed by atoms with Gasteiger partial charge in [0.15, 0.2) is 0 Å². The Hall–Kier alpha value is -3.02. The summed E-state index contributed by atoms with van der Waals surface area (Å²) in [5.74, 6) is -0.434. The van der Waals surface area contributed by atoms with E-state index in [1.165, 1.54) is 0 Å². The lowest BCUT2D eigenvalue weighted by atomic mass is 10.2. The third-order valence-corrected chi connectivity index (χ3v) is 4.23. The number of urea groups is 1. The maximum absolute atomic E-state index is 12.5. The van der Waals surface area contributed by atoms with Gasteiger partial charge in [-0.15, -0.1) is 0 Å². The van der Waals surface area contributed by atoms with Crippen LogP contribution in [0.25, 0.3) is 0 Å². The first-order valence-electron chi connectivity index (χ1n) is 8.01. The molecule has 0 aliphatic heterocycles. The molecule has 136 valence electrons. The molecule has 0 aliphatic rings. The summed E-state index contributed by atoms with van der Waals surface area (Å²) in [6.07, 6.45) is 0. The summed E-state index contributed by atoms with van der Waals surface area (Å²) in [6, 6.07) is 20.3. The Balaban J connectivity index is 1.68. The molecule has 0 radical (unpaired) electrons. The van der Waals surface area contributed by atoms with Crippen LogP contribution in [0.2, 0.25) is 10.0 Å². The number of nitrogens with one attached hydrogen (secondary N) is 3. The predicted molar refractivity (Wildman–Crippen MR) is 110 cm³/mol. The molecule has 27 heavy (non-hydrogen) atoms. The van der Waals surface area contributed by atoms with Gasteiger partial charge in [0.05, 0.1) is 15.6 Å². The van der Waals surface area contributed by atoms with Gasteiger partial charge < -0.3 is 16.0 Å². The number of hydrogen-bond donors (Lipinski definition) is 3. The summed E-state index contributed by atoms with van der Waals surface area (Å²) in [6.45, 7) is 0. The largest absolute Gasteiger partial charge is 0.323 e. The number of para-hydroxylation sites is 1. The van der Waals surface area contributed by atoms with Crippen molar-refractivity contribution in [2.45, 2.75) is 0 Å². The summed E-state index contributed by atoms with van der Waals surface area (Å²) in [5.41, 5.74) is 1.88. The van der Waals surface area contributed by atoms with E-state index in [0.29, 0.717) is 17.1 Å². The number of amides is 3. The Labute approximate surface area is 166 Å². The van der Waals surface area contributed by atoms with Crippen LogP contribution < -0.4 is 16.0 Å².